The first-order valence-corrected chi connectivity index (χ1v) is 9.23. The molecule has 0 spiro atoms. The monoisotopic (exact) mass is 354 g/mol. The standard InChI is InChI=1S/C21H26N2O3/c1-15(2)20(26-18-6-4-3-5-7-18)21(25)23-12-9-16(10-13-23)17-8-11-22-19(24)14-17/h3-8,11,14-16,20H,9-10,12-13H2,1-2H3,(H,22,24). The van der Waals surface area contributed by atoms with Crippen molar-refractivity contribution in [2.24, 2.45) is 5.92 Å². The minimum absolute atomic E-state index is 0.0493. The van der Waals surface area contributed by atoms with Gasteiger partial charge in [-0.1, -0.05) is 32.0 Å². The Morgan fingerprint density at radius 1 is 1.15 bits per heavy atom. The molecule has 1 aliphatic rings. The van der Waals surface area contributed by atoms with E-state index < -0.39 is 6.10 Å². The van der Waals surface area contributed by atoms with Crippen LogP contribution in [0.2, 0.25) is 0 Å². The second kappa shape index (κ2) is 8.21. The summed E-state index contributed by atoms with van der Waals surface area (Å²) in [5.74, 6) is 1.19. The van der Waals surface area contributed by atoms with E-state index in [-0.39, 0.29) is 17.4 Å². The van der Waals surface area contributed by atoms with Gasteiger partial charge in [-0.25, -0.2) is 0 Å². The molecule has 5 nitrogen and oxygen atoms in total. The number of para-hydroxylation sites is 1. The molecular weight excluding hydrogens is 328 g/mol. The van der Waals surface area contributed by atoms with E-state index in [0.29, 0.717) is 19.0 Å². The fraction of sp³-hybridized carbons (Fsp3) is 0.429. The van der Waals surface area contributed by atoms with E-state index in [0.717, 1.165) is 24.2 Å². The Labute approximate surface area is 154 Å². The predicted molar refractivity (Wildman–Crippen MR) is 101 cm³/mol. The molecule has 3 rings (SSSR count). The molecule has 26 heavy (non-hydrogen) atoms. The zero-order chi connectivity index (χ0) is 18.5. The summed E-state index contributed by atoms with van der Waals surface area (Å²) >= 11 is 0. The molecule has 0 bridgehead atoms. The summed E-state index contributed by atoms with van der Waals surface area (Å²) in [6.07, 6.45) is 2.95. The minimum Gasteiger partial charge on any atom is -0.480 e. The molecule has 0 aliphatic carbocycles. The van der Waals surface area contributed by atoms with Gasteiger partial charge in [-0.2, -0.15) is 0 Å². The Morgan fingerprint density at radius 3 is 2.46 bits per heavy atom. The van der Waals surface area contributed by atoms with Crippen molar-refractivity contribution >= 4 is 5.91 Å². The summed E-state index contributed by atoms with van der Waals surface area (Å²) in [7, 11) is 0. The smallest absolute Gasteiger partial charge is 0.263 e. The maximum Gasteiger partial charge on any atom is 0.263 e. The van der Waals surface area contributed by atoms with Gasteiger partial charge in [0.25, 0.3) is 5.91 Å². The first-order chi connectivity index (χ1) is 12.5. The maximum absolute atomic E-state index is 13.0. The number of ether oxygens (including phenoxy) is 1. The highest BCUT2D eigenvalue weighted by molar-refractivity contribution is 5.81. The summed E-state index contributed by atoms with van der Waals surface area (Å²) < 4.78 is 5.98. The number of pyridine rings is 1. The summed E-state index contributed by atoms with van der Waals surface area (Å²) in [4.78, 5) is 29.0. The number of carbonyl (C=O) groups is 1. The van der Waals surface area contributed by atoms with E-state index in [1.165, 1.54) is 0 Å². The molecule has 1 N–H and O–H groups in total. The maximum atomic E-state index is 13.0. The van der Waals surface area contributed by atoms with Gasteiger partial charge < -0.3 is 14.6 Å². The molecule has 0 saturated carbocycles. The lowest BCUT2D eigenvalue weighted by atomic mass is 9.89. The summed E-state index contributed by atoms with van der Waals surface area (Å²) in [5.41, 5.74) is 0.985. The quantitative estimate of drug-likeness (QED) is 0.897. The van der Waals surface area contributed by atoms with Crippen molar-refractivity contribution in [1.29, 1.82) is 0 Å². The van der Waals surface area contributed by atoms with Crippen molar-refractivity contribution in [3.05, 3.63) is 64.6 Å². The lowest BCUT2D eigenvalue weighted by molar-refractivity contribution is -0.141. The van der Waals surface area contributed by atoms with Crippen molar-refractivity contribution < 1.29 is 9.53 Å². The number of amides is 1. The molecule has 1 amide bonds. The molecule has 0 radical (unpaired) electrons. The van der Waals surface area contributed by atoms with Gasteiger partial charge in [0, 0.05) is 25.4 Å². The highest BCUT2D eigenvalue weighted by Gasteiger charge is 2.32. The van der Waals surface area contributed by atoms with E-state index in [4.69, 9.17) is 4.74 Å². The Hall–Kier alpha value is -2.56. The lowest BCUT2D eigenvalue weighted by Crippen LogP contribution is -2.47. The fourth-order valence-electron chi connectivity index (χ4n) is 3.45. The lowest BCUT2D eigenvalue weighted by Gasteiger charge is -2.35. The zero-order valence-corrected chi connectivity index (χ0v) is 15.4. The first-order valence-electron chi connectivity index (χ1n) is 9.23. The molecular formula is C21H26N2O3. The van der Waals surface area contributed by atoms with Crippen LogP contribution in [0.25, 0.3) is 0 Å². The number of H-pyrrole nitrogens is 1. The Kier molecular flexibility index (Phi) is 5.76. The molecule has 1 fully saturated rings. The van der Waals surface area contributed by atoms with E-state index in [9.17, 15) is 9.59 Å². The van der Waals surface area contributed by atoms with Crippen LogP contribution in [-0.4, -0.2) is 35.0 Å². The predicted octanol–water partition coefficient (Wildman–Crippen LogP) is 3.18. The van der Waals surface area contributed by atoms with Crippen LogP contribution in [0.3, 0.4) is 0 Å². The number of rotatable bonds is 5. The van der Waals surface area contributed by atoms with Crippen LogP contribution in [0.1, 0.15) is 38.2 Å². The van der Waals surface area contributed by atoms with Gasteiger partial charge in [0.15, 0.2) is 6.10 Å². The van der Waals surface area contributed by atoms with E-state index in [1.54, 1.807) is 12.3 Å². The average Bonchev–Trinajstić information content (AvgIpc) is 2.66. The largest absolute Gasteiger partial charge is 0.480 e. The van der Waals surface area contributed by atoms with E-state index in [2.05, 4.69) is 4.98 Å². The third kappa shape index (κ3) is 4.34. The molecule has 2 aromatic rings. The zero-order valence-electron chi connectivity index (χ0n) is 15.4. The van der Waals surface area contributed by atoms with Gasteiger partial charge in [0.2, 0.25) is 5.56 Å². The summed E-state index contributed by atoms with van der Waals surface area (Å²) in [6, 6.07) is 13.1. The van der Waals surface area contributed by atoms with Gasteiger partial charge in [-0.3, -0.25) is 9.59 Å². The molecule has 2 heterocycles. The van der Waals surface area contributed by atoms with Crippen LogP contribution in [0.4, 0.5) is 0 Å². The van der Waals surface area contributed by atoms with Crippen LogP contribution < -0.4 is 10.3 Å². The van der Waals surface area contributed by atoms with Gasteiger partial charge in [-0.15, -0.1) is 0 Å². The van der Waals surface area contributed by atoms with Crippen molar-refractivity contribution in [3.63, 3.8) is 0 Å². The Morgan fingerprint density at radius 2 is 1.85 bits per heavy atom. The van der Waals surface area contributed by atoms with Crippen molar-refractivity contribution in [1.82, 2.24) is 9.88 Å². The number of hydrogen-bond donors (Lipinski definition) is 1. The van der Waals surface area contributed by atoms with Crippen LogP contribution >= 0.6 is 0 Å². The van der Waals surface area contributed by atoms with Crippen molar-refractivity contribution in [2.75, 3.05) is 13.1 Å². The molecule has 1 aliphatic heterocycles. The summed E-state index contributed by atoms with van der Waals surface area (Å²) in [5, 5.41) is 0. The highest BCUT2D eigenvalue weighted by Crippen LogP contribution is 2.28. The summed E-state index contributed by atoms with van der Waals surface area (Å²) in [6.45, 7) is 5.40. The molecule has 1 aromatic carbocycles. The van der Waals surface area contributed by atoms with Crippen LogP contribution in [0.15, 0.2) is 53.5 Å². The minimum atomic E-state index is -0.478. The fourth-order valence-corrected chi connectivity index (χ4v) is 3.45. The average molecular weight is 354 g/mol. The van der Waals surface area contributed by atoms with Crippen LogP contribution in [-0.2, 0) is 4.79 Å². The number of benzene rings is 1. The normalized spacial score (nSPS) is 16.5. The van der Waals surface area contributed by atoms with Gasteiger partial charge in [0.1, 0.15) is 5.75 Å². The molecule has 138 valence electrons. The number of aromatic nitrogens is 1. The third-order valence-corrected chi connectivity index (χ3v) is 4.93. The highest BCUT2D eigenvalue weighted by atomic mass is 16.5. The van der Waals surface area contributed by atoms with Gasteiger partial charge >= 0.3 is 0 Å². The molecule has 1 atom stereocenters. The second-order valence-corrected chi connectivity index (χ2v) is 7.18. The second-order valence-electron chi connectivity index (χ2n) is 7.18. The number of likely N-dealkylation sites (tertiary alicyclic amines) is 1. The Balaban J connectivity index is 1.63. The first kappa shape index (κ1) is 18.2. The molecule has 1 unspecified atom stereocenters. The van der Waals surface area contributed by atoms with Crippen LogP contribution in [0.5, 0.6) is 5.75 Å². The topological polar surface area (TPSA) is 62.4 Å². The number of piperidine rings is 1. The van der Waals surface area contributed by atoms with Gasteiger partial charge in [0.05, 0.1) is 0 Å². The van der Waals surface area contributed by atoms with Gasteiger partial charge in [-0.05, 0) is 48.4 Å². The van der Waals surface area contributed by atoms with Crippen molar-refractivity contribution in [2.45, 2.75) is 38.7 Å². The number of aromatic amines is 1. The third-order valence-electron chi connectivity index (χ3n) is 4.93. The number of nitrogens with zero attached hydrogens (tertiary/aromatic N) is 1. The Bertz CT molecular complexity index is 777. The number of carbonyl (C=O) groups excluding carboxylic acids is 1. The number of hydrogen-bond acceptors (Lipinski definition) is 3. The SMILES string of the molecule is CC(C)C(Oc1ccccc1)C(=O)N1CCC(c2cc[nH]c(=O)c2)CC1. The van der Waals surface area contributed by atoms with Crippen molar-refractivity contribution in [3.8, 4) is 5.75 Å². The number of nitrogens with one attached hydrogen (secondary N) is 1. The molecule has 1 aromatic heterocycles. The van der Waals surface area contributed by atoms with Crippen LogP contribution in [0, 0.1) is 5.92 Å². The molecule has 1 saturated heterocycles. The van der Waals surface area contributed by atoms with E-state index >= 15 is 0 Å². The molecule has 5 heteroatoms. The van der Waals surface area contributed by atoms with E-state index in [1.807, 2.05) is 55.1 Å².